The lowest BCUT2D eigenvalue weighted by molar-refractivity contribution is -0.118. The molecule has 2 amide bonds. The highest BCUT2D eigenvalue weighted by Crippen LogP contribution is 2.35. The van der Waals surface area contributed by atoms with Crippen LogP contribution in [0.15, 0.2) is 52.7 Å². The van der Waals surface area contributed by atoms with Crippen LogP contribution in [0.1, 0.15) is 27.0 Å². The molecule has 0 atom stereocenters. The molecular weight excluding hydrogens is 505 g/mol. The van der Waals surface area contributed by atoms with E-state index in [9.17, 15) is 22.8 Å². The van der Waals surface area contributed by atoms with E-state index in [1.54, 1.807) is 36.4 Å². The molecule has 170 valence electrons. The van der Waals surface area contributed by atoms with Crippen molar-refractivity contribution < 1.29 is 22.8 Å². The number of hydrogen-bond acceptors (Lipinski definition) is 6. The summed E-state index contributed by atoms with van der Waals surface area (Å²) in [7, 11) is -3.85. The first-order valence-electron chi connectivity index (χ1n) is 9.80. The summed E-state index contributed by atoms with van der Waals surface area (Å²) in [5, 5.41) is 0.128. The second-order valence-electron chi connectivity index (χ2n) is 7.70. The van der Waals surface area contributed by atoms with Crippen LogP contribution in [0.4, 0.5) is 5.69 Å². The summed E-state index contributed by atoms with van der Waals surface area (Å²) in [6.07, 6.45) is 0.00642. The lowest BCUT2D eigenvalue weighted by atomic mass is 9.96. The molecule has 0 spiro atoms. The smallest absolute Gasteiger partial charge is 0.265 e. The van der Waals surface area contributed by atoms with Gasteiger partial charge in [0.25, 0.3) is 5.91 Å². The molecule has 2 heterocycles. The highest BCUT2D eigenvalue weighted by atomic mass is 35.5. The van der Waals surface area contributed by atoms with E-state index in [2.05, 4.69) is 0 Å². The van der Waals surface area contributed by atoms with Crippen LogP contribution in [0.5, 0.6) is 0 Å². The molecule has 3 aromatic rings. The zero-order valence-electron chi connectivity index (χ0n) is 17.3. The molecular formula is C23H17Cl2NO5S2. The van der Waals surface area contributed by atoms with Crippen molar-refractivity contribution in [2.45, 2.75) is 24.0 Å². The van der Waals surface area contributed by atoms with Crippen molar-refractivity contribution in [3.05, 3.63) is 80.1 Å². The molecule has 0 fully saturated rings. The number of benzene rings is 2. The van der Waals surface area contributed by atoms with E-state index >= 15 is 0 Å². The van der Waals surface area contributed by atoms with Gasteiger partial charge < -0.3 is 0 Å². The Hall–Kier alpha value is -2.52. The van der Waals surface area contributed by atoms with Gasteiger partial charge >= 0.3 is 0 Å². The van der Waals surface area contributed by atoms with Gasteiger partial charge in [0.15, 0.2) is 15.6 Å². The van der Waals surface area contributed by atoms with Crippen molar-refractivity contribution in [3.8, 4) is 0 Å². The molecule has 6 nitrogen and oxygen atoms in total. The maximum atomic E-state index is 12.9. The lowest BCUT2D eigenvalue weighted by Crippen LogP contribution is -2.42. The molecule has 2 aromatic carbocycles. The zero-order chi connectivity index (χ0) is 23.9. The van der Waals surface area contributed by atoms with Crippen LogP contribution in [-0.2, 0) is 32.3 Å². The number of sulfone groups is 1. The Kier molecular flexibility index (Phi) is 6.46. The summed E-state index contributed by atoms with van der Waals surface area (Å²) < 4.78 is 25.0. The topological polar surface area (TPSA) is 88.6 Å². The number of hydrogen-bond donors (Lipinski definition) is 0. The highest BCUT2D eigenvalue weighted by Gasteiger charge is 2.32. The number of rotatable bonds is 6. The summed E-state index contributed by atoms with van der Waals surface area (Å²) in [5.74, 6) is -1.91. The van der Waals surface area contributed by atoms with Crippen molar-refractivity contribution in [1.29, 1.82) is 0 Å². The van der Waals surface area contributed by atoms with Crippen molar-refractivity contribution in [3.63, 3.8) is 0 Å². The van der Waals surface area contributed by atoms with Crippen LogP contribution in [0.25, 0.3) is 0 Å². The summed E-state index contributed by atoms with van der Waals surface area (Å²) in [6.45, 7) is 1.88. The van der Waals surface area contributed by atoms with Gasteiger partial charge in [-0.05, 0) is 42.3 Å². The lowest BCUT2D eigenvalue weighted by Gasteiger charge is -2.27. The molecule has 10 heteroatoms. The highest BCUT2D eigenvalue weighted by molar-refractivity contribution is 7.94. The van der Waals surface area contributed by atoms with E-state index in [-0.39, 0.29) is 32.3 Å². The number of imide groups is 1. The van der Waals surface area contributed by atoms with Gasteiger partial charge in [0.1, 0.15) is 14.3 Å². The summed E-state index contributed by atoms with van der Waals surface area (Å²) in [5.41, 5.74) is 3.07. The van der Waals surface area contributed by atoms with Gasteiger partial charge in [-0.15, -0.1) is 11.3 Å². The Balaban J connectivity index is 1.48. The number of amides is 2. The molecule has 0 radical (unpaired) electrons. The molecule has 0 saturated carbocycles. The fourth-order valence-electron chi connectivity index (χ4n) is 3.59. The summed E-state index contributed by atoms with van der Waals surface area (Å²) in [6, 6.07) is 13.0. The molecule has 1 aromatic heterocycles. The summed E-state index contributed by atoms with van der Waals surface area (Å²) >= 11 is 12.4. The fraction of sp³-hybridized carbons (Fsp3) is 0.174. The predicted octanol–water partition coefficient (Wildman–Crippen LogP) is 4.68. The van der Waals surface area contributed by atoms with Gasteiger partial charge in [0, 0.05) is 12.0 Å². The molecule has 0 unspecified atom stereocenters. The maximum Gasteiger partial charge on any atom is 0.265 e. The number of nitrogens with zero attached hydrogens (tertiary/aromatic N) is 1. The Morgan fingerprint density at radius 2 is 1.76 bits per heavy atom. The number of halogens is 2. The average Bonchev–Trinajstić information content (AvgIpc) is 3.09. The minimum absolute atomic E-state index is 0.0566. The molecule has 4 rings (SSSR count). The second kappa shape index (κ2) is 9.02. The van der Waals surface area contributed by atoms with Crippen LogP contribution < -0.4 is 4.90 Å². The third kappa shape index (κ3) is 4.89. The van der Waals surface area contributed by atoms with Crippen molar-refractivity contribution in [2.24, 2.45) is 0 Å². The number of carbonyl (C=O) groups excluding carboxylic acids is 3. The van der Waals surface area contributed by atoms with E-state index in [4.69, 9.17) is 23.2 Å². The van der Waals surface area contributed by atoms with Gasteiger partial charge in [-0.25, -0.2) is 13.3 Å². The first-order chi connectivity index (χ1) is 15.5. The van der Waals surface area contributed by atoms with E-state index in [0.717, 1.165) is 21.8 Å². The fourth-order valence-corrected chi connectivity index (χ4v) is 6.79. The van der Waals surface area contributed by atoms with Crippen LogP contribution in [0, 0.1) is 6.92 Å². The van der Waals surface area contributed by atoms with Crippen LogP contribution in [-0.4, -0.2) is 31.8 Å². The van der Waals surface area contributed by atoms with Crippen LogP contribution >= 0.6 is 34.5 Å². The van der Waals surface area contributed by atoms with Crippen LogP contribution in [0.2, 0.25) is 9.36 Å². The molecule has 1 aliphatic heterocycles. The van der Waals surface area contributed by atoms with Gasteiger partial charge in [0.05, 0.1) is 17.1 Å². The second-order valence-corrected chi connectivity index (χ2v) is 12.0. The van der Waals surface area contributed by atoms with Crippen molar-refractivity contribution in [2.75, 3.05) is 10.7 Å². The maximum absolute atomic E-state index is 12.9. The zero-order valence-corrected chi connectivity index (χ0v) is 20.4. The number of fused-ring (bicyclic) bond motifs is 1. The molecule has 0 aliphatic carbocycles. The standard InChI is InChI=1S/C23H17Cl2NO5S2/c1-13-2-5-15-10-20(28)26(23(29)18(15)8-13)16-6-3-14(4-7-16)9-17(27)12-33(30,31)21-11-19(24)22(25)32-21/h2-8,11H,9-10,12H2,1H3. The Morgan fingerprint density at radius 3 is 2.39 bits per heavy atom. The minimum Gasteiger partial charge on any atom is -0.298 e. The van der Waals surface area contributed by atoms with E-state index in [1.165, 1.54) is 6.07 Å². The largest absolute Gasteiger partial charge is 0.298 e. The van der Waals surface area contributed by atoms with Gasteiger partial charge in [-0.2, -0.15) is 0 Å². The average molecular weight is 522 g/mol. The molecule has 0 saturated heterocycles. The van der Waals surface area contributed by atoms with Gasteiger partial charge in [0.2, 0.25) is 5.91 Å². The van der Waals surface area contributed by atoms with E-state index < -0.39 is 27.3 Å². The van der Waals surface area contributed by atoms with Gasteiger partial charge in [-0.3, -0.25) is 14.4 Å². The number of carbonyl (C=O) groups is 3. The number of ketones is 1. The number of thiophene rings is 1. The quantitative estimate of drug-likeness (QED) is 0.439. The number of anilines is 1. The monoisotopic (exact) mass is 521 g/mol. The third-order valence-corrected chi connectivity index (χ3v) is 9.27. The van der Waals surface area contributed by atoms with E-state index in [0.29, 0.717) is 22.4 Å². The summed E-state index contributed by atoms with van der Waals surface area (Å²) in [4.78, 5) is 39.0. The first-order valence-corrected chi connectivity index (χ1v) is 13.0. The van der Waals surface area contributed by atoms with Crippen molar-refractivity contribution in [1.82, 2.24) is 0 Å². The van der Waals surface area contributed by atoms with Crippen LogP contribution in [0.3, 0.4) is 0 Å². The molecule has 1 aliphatic rings. The Morgan fingerprint density at radius 1 is 1.06 bits per heavy atom. The minimum atomic E-state index is -3.85. The normalized spacial score (nSPS) is 13.8. The first kappa shape index (κ1) is 23.6. The molecule has 0 bridgehead atoms. The SMILES string of the molecule is Cc1ccc2c(c1)C(=O)N(c1ccc(CC(=O)CS(=O)(=O)c3cc(Cl)c(Cl)s3)cc1)C(=O)C2. The van der Waals surface area contributed by atoms with Gasteiger partial charge in [-0.1, -0.05) is 53.0 Å². The van der Waals surface area contributed by atoms with E-state index in [1.807, 2.05) is 13.0 Å². The Labute approximate surface area is 204 Å². The third-order valence-electron chi connectivity index (χ3n) is 5.17. The number of aryl methyl sites for hydroxylation is 1. The Bertz CT molecular complexity index is 1380. The molecule has 0 N–H and O–H groups in total. The molecule has 33 heavy (non-hydrogen) atoms. The van der Waals surface area contributed by atoms with Crippen molar-refractivity contribution >= 4 is 67.7 Å². The number of Topliss-reactive ketones (excluding diaryl/α,β-unsaturated/α-hetero) is 1. The predicted molar refractivity (Wildman–Crippen MR) is 128 cm³/mol.